The zero-order chi connectivity index (χ0) is 32.6. The molecule has 21 heteroatoms. The standard InChI is InChI=1S/C22H33N7O13S/c1-8(37-9(2)30)17-21(40-12(5)33)20(39-11(4)32)15(26-29-24)22(41-17)42-18-13(25-28-23)7-14(27-43(6,35)36)19(16(18)34)38-10(3)31/h8,13-22,27,34H,7H2,1-6H3/t8-,13?,14-,15?,16?,17?,18-,19?,20?,21-,22-/m1/s1. The molecule has 2 aliphatic rings. The van der Waals surface area contributed by atoms with Crippen LogP contribution in [0.15, 0.2) is 10.2 Å². The maximum absolute atomic E-state index is 12.1. The molecule has 0 amide bonds. The number of carbonyl (C=O) groups excluding carboxylic acids is 4. The topological polar surface area (TPSA) is 288 Å². The number of carbonyl (C=O) groups is 4. The average molecular weight is 636 g/mol. The molecule has 11 atom stereocenters. The van der Waals surface area contributed by atoms with Gasteiger partial charge in [0.15, 0.2) is 18.5 Å². The van der Waals surface area contributed by atoms with Gasteiger partial charge in [-0.1, -0.05) is 10.2 Å². The molecule has 1 saturated carbocycles. The molecule has 0 aromatic carbocycles. The van der Waals surface area contributed by atoms with Gasteiger partial charge in [0.25, 0.3) is 0 Å². The van der Waals surface area contributed by atoms with Crippen LogP contribution in [0, 0.1) is 0 Å². The molecular formula is C22H33N7O13S. The Labute approximate surface area is 245 Å². The van der Waals surface area contributed by atoms with Crippen LogP contribution in [0.25, 0.3) is 20.9 Å². The van der Waals surface area contributed by atoms with Crippen LogP contribution < -0.4 is 4.72 Å². The number of hydrogen-bond acceptors (Lipinski definition) is 15. The van der Waals surface area contributed by atoms with Crippen LogP contribution >= 0.6 is 0 Å². The fourth-order valence-electron chi connectivity index (χ4n) is 4.92. The Hall–Kier alpha value is -3.71. The second-order valence-electron chi connectivity index (χ2n) is 9.80. The van der Waals surface area contributed by atoms with Crippen LogP contribution in [0.4, 0.5) is 0 Å². The number of aliphatic hydroxyl groups is 1. The van der Waals surface area contributed by atoms with E-state index in [4.69, 9.17) is 28.4 Å². The summed E-state index contributed by atoms with van der Waals surface area (Å²) in [5.41, 5.74) is 18.5. The molecular weight excluding hydrogens is 602 g/mol. The molecule has 0 radical (unpaired) electrons. The first-order valence-corrected chi connectivity index (χ1v) is 14.6. The lowest BCUT2D eigenvalue weighted by molar-refractivity contribution is -0.305. The van der Waals surface area contributed by atoms with E-state index in [1.807, 2.05) is 0 Å². The molecule has 6 unspecified atom stereocenters. The van der Waals surface area contributed by atoms with E-state index >= 15 is 0 Å². The Morgan fingerprint density at radius 1 is 0.907 bits per heavy atom. The third-order valence-electron chi connectivity index (χ3n) is 6.26. The van der Waals surface area contributed by atoms with Gasteiger partial charge >= 0.3 is 23.9 Å². The fraction of sp³-hybridized carbons (Fsp3) is 0.818. The Balaban J connectivity index is 2.63. The molecule has 0 spiro atoms. The van der Waals surface area contributed by atoms with Gasteiger partial charge in [0, 0.05) is 37.5 Å². The quantitative estimate of drug-likeness (QED) is 0.0985. The van der Waals surface area contributed by atoms with E-state index in [9.17, 15) is 43.8 Å². The van der Waals surface area contributed by atoms with Gasteiger partial charge in [-0.15, -0.1) is 0 Å². The van der Waals surface area contributed by atoms with Gasteiger partial charge in [0.05, 0.1) is 24.4 Å². The van der Waals surface area contributed by atoms with Crippen LogP contribution in [0.2, 0.25) is 0 Å². The fourth-order valence-corrected chi connectivity index (χ4v) is 5.70. The molecule has 0 aromatic heterocycles. The van der Waals surface area contributed by atoms with Gasteiger partial charge < -0.3 is 33.5 Å². The van der Waals surface area contributed by atoms with Crippen molar-refractivity contribution >= 4 is 33.9 Å². The van der Waals surface area contributed by atoms with E-state index in [2.05, 4.69) is 24.8 Å². The van der Waals surface area contributed by atoms with Gasteiger partial charge in [0.1, 0.15) is 30.5 Å². The molecule has 1 heterocycles. The van der Waals surface area contributed by atoms with E-state index < -0.39 is 101 Å². The highest BCUT2D eigenvalue weighted by molar-refractivity contribution is 7.88. The van der Waals surface area contributed by atoms with Crippen LogP contribution in [-0.2, 0) is 57.6 Å². The van der Waals surface area contributed by atoms with Crippen molar-refractivity contribution in [2.24, 2.45) is 10.2 Å². The van der Waals surface area contributed by atoms with Gasteiger partial charge in [-0.3, -0.25) is 19.2 Å². The molecule has 2 rings (SSSR count). The summed E-state index contributed by atoms with van der Waals surface area (Å²) in [5, 5.41) is 18.5. The minimum Gasteiger partial charge on any atom is -0.460 e. The van der Waals surface area contributed by atoms with Gasteiger partial charge in [-0.2, -0.15) is 0 Å². The molecule has 240 valence electrons. The summed E-state index contributed by atoms with van der Waals surface area (Å²) in [4.78, 5) is 53.1. The Kier molecular flexibility index (Phi) is 12.5. The minimum absolute atomic E-state index is 0.341. The SMILES string of the molecule is CC(=O)OC1C(N=[N+]=[N-])[C@@H](O[C@@H]2C(N=[N+]=[N-])C[C@@H](NS(C)(=O)=O)C(OC(C)=O)C2O)OC([C@@H](C)OC(C)=O)[C@H]1OC(C)=O. The van der Waals surface area contributed by atoms with Crippen molar-refractivity contribution in [3.63, 3.8) is 0 Å². The first-order chi connectivity index (χ1) is 20.0. The number of nitrogens with zero attached hydrogens (tertiary/aromatic N) is 6. The molecule has 2 N–H and O–H groups in total. The summed E-state index contributed by atoms with van der Waals surface area (Å²) in [6.07, 6.45) is -12.0. The predicted molar refractivity (Wildman–Crippen MR) is 140 cm³/mol. The highest BCUT2D eigenvalue weighted by Gasteiger charge is 2.55. The van der Waals surface area contributed by atoms with Crippen molar-refractivity contribution in [2.75, 3.05) is 6.26 Å². The second-order valence-corrected chi connectivity index (χ2v) is 11.6. The summed E-state index contributed by atoms with van der Waals surface area (Å²) in [6.45, 7) is 5.55. The lowest BCUT2D eigenvalue weighted by Crippen LogP contribution is -2.66. The van der Waals surface area contributed by atoms with E-state index in [0.717, 1.165) is 34.0 Å². The number of rotatable bonds is 11. The van der Waals surface area contributed by atoms with Crippen molar-refractivity contribution in [1.29, 1.82) is 0 Å². The molecule has 0 bridgehead atoms. The number of nitrogens with one attached hydrogen (secondary N) is 1. The van der Waals surface area contributed by atoms with Crippen LogP contribution in [0.5, 0.6) is 0 Å². The maximum atomic E-state index is 12.1. The third-order valence-corrected chi connectivity index (χ3v) is 6.99. The van der Waals surface area contributed by atoms with E-state index in [1.54, 1.807) is 0 Å². The highest BCUT2D eigenvalue weighted by Crippen LogP contribution is 2.36. The van der Waals surface area contributed by atoms with Crippen molar-refractivity contribution in [1.82, 2.24) is 4.72 Å². The van der Waals surface area contributed by atoms with Gasteiger partial charge in [-0.25, -0.2) is 13.1 Å². The molecule has 1 saturated heterocycles. The van der Waals surface area contributed by atoms with Crippen molar-refractivity contribution in [3.8, 4) is 0 Å². The smallest absolute Gasteiger partial charge is 0.303 e. The number of ether oxygens (including phenoxy) is 6. The number of aliphatic hydroxyl groups excluding tert-OH is 1. The normalized spacial score (nSPS) is 33.0. The number of esters is 4. The summed E-state index contributed by atoms with van der Waals surface area (Å²) < 4.78 is 59.1. The summed E-state index contributed by atoms with van der Waals surface area (Å²) in [7, 11) is -3.92. The molecule has 0 aromatic rings. The van der Waals surface area contributed by atoms with Crippen molar-refractivity contribution < 1.29 is 61.1 Å². The molecule has 20 nitrogen and oxygen atoms in total. The molecule has 1 aliphatic carbocycles. The zero-order valence-electron chi connectivity index (χ0n) is 24.0. The van der Waals surface area contributed by atoms with Crippen LogP contribution in [-0.4, -0.2) is 111 Å². The van der Waals surface area contributed by atoms with Crippen molar-refractivity contribution in [2.45, 2.75) is 108 Å². The average Bonchev–Trinajstić information content (AvgIpc) is 2.85. The largest absolute Gasteiger partial charge is 0.460 e. The van der Waals surface area contributed by atoms with Crippen molar-refractivity contribution in [3.05, 3.63) is 20.9 Å². The number of sulfonamides is 1. The minimum atomic E-state index is -3.92. The van der Waals surface area contributed by atoms with Gasteiger partial charge in [0.2, 0.25) is 10.0 Å². The number of hydrogen-bond donors (Lipinski definition) is 2. The number of azide groups is 2. The predicted octanol–water partition coefficient (Wildman–Crippen LogP) is -0.117. The Morgan fingerprint density at radius 2 is 1.44 bits per heavy atom. The lowest BCUT2D eigenvalue weighted by atomic mass is 9.84. The van der Waals surface area contributed by atoms with E-state index in [-0.39, 0.29) is 6.42 Å². The first-order valence-electron chi connectivity index (χ1n) is 12.7. The monoisotopic (exact) mass is 635 g/mol. The Morgan fingerprint density at radius 3 is 1.93 bits per heavy atom. The maximum Gasteiger partial charge on any atom is 0.303 e. The Bertz CT molecular complexity index is 1270. The zero-order valence-corrected chi connectivity index (χ0v) is 24.8. The molecule has 1 aliphatic heterocycles. The van der Waals surface area contributed by atoms with E-state index in [1.165, 1.54) is 6.92 Å². The molecule has 43 heavy (non-hydrogen) atoms. The highest BCUT2D eigenvalue weighted by atomic mass is 32.2. The first kappa shape index (κ1) is 35.5. The third kappa shape index (κ3) is 9.92. The van der Waals surface area contributed by atoms with Gasteiger partial charge in [-0.05, 0) is 24.4 Å². The summed E-state index contributed by atoms with van der Waals surface area (Å²) in [5.74, 6) is -3.39. The van der Waals surface area contributed by atoms with Crippen LogP contribution in [0.3, 0.4) is 0 Å². The van der Waals surface area contributed by atoms with Crippen LogP contribution in [0.1, 0.15) is 41.0 Å². The lowest BCUT2D eigenvalue weighted by Gasteiger charge is -2.48. The van der Waals surface area contributed by atoms with E-state index in [0.29, 0.717) is 0 Å². The summed E-state index contributed by atoms with van der Waals surface area (Å²) >= 11 is 0. The summed E-state index contributed by atoms with van der Waals surface area (Å²) in [6, 6.07) is -4.20. The second kappa shape index (κ2) is 15.1. The molecule has 2 fully saturated rings.